The average Bonchev–Trinajstić information content (AvgIpc) is 3.40. The van der Waals surface area contributed by atoms with Gasteiger partial charge in [-0.15, -0.1) is 53.6 Å². The zero-order valence-corrected chi connectivity index (χ0v) is 29.5. The summed E-state index contributed by atoms with van der Waals surface area (Å²) in [5, 5.41) is 2.45. The van der Waals surface area contributed by atoms with Crippen molar-refractivity contribution in [1.82, 2.24) is 9.97 Å². The van der Waals surface area contributed by atoms with E-state index >= 15 is 0 Å². The normalized spacial score (nSPS) is 13.4. The van der Waals surface area contributed by atoms with Crippen LogP contribution in [-0.2, 0) is 20.1 Å². The molecule has 1 radical (unpaired) electrons. The molecule has 3 nitrogen and oxygen atoms in total. The van der Waals surface area contributed by atoms with Crippen molar-refractivity contribution in [2.75, 3.05) is 0 Å². The number of furan rings is 1. The summed E-state index contributed by atoms with van der Waals surface area (Å²) in [5.74, 6) is -0.585. The maximum absolute atomic E-state index is 14.2. The van der Waals surface area contributed by atoms with Crippen molar-refractivity contribution in [1.29, 1.82) is 0 Å². The number of rotatable bonds is 5. The fourth-order valence-corrected chi connectivity index (χ4v) is 6.66. The van der Waals surface area contributed by atoms with Crippen molar-refractivity contribution in [3.05, 3.63) is 114 Å². The molecule has 3 heterocycles. The van der Waals surface area contributed by atoms with E-state index in [0.717, 1.165) is 33.5 Å². The number of hydrogen-bond acceptors (Lipinski definition) is 3. The molecule has 0 unspecified atom stereocenters. The van der Waals surface area contributed by atoms with Gasteiger partial charge >= 0.3 is 0 Å². The zero-order chi connectivity index (χ0) is 34.3. The maximum atomic E-state index is 14.2. The van der Waals surface area contributed by atoms with Crippen LogP contribution in [0.3, 0.4) is 0 Å². The first-order chi connectivity index (χ1) is 21.9. The van der Waals surface area contributed by atoms with Crippen LogP contribution in [0.1, 0.15) is 61.7 Å². The Morgan fingerprint density at radius 1 is 0.955 bits per heavy atom. The second-order valence-corrected chi connectivity index (χ2v) is 17.3. The number of fused-ring (bicyclic) bond motifs is 3. The summed E-state index contributed by atoms with van der Waals surface area (Å²) < 4.78 is 50.9. The number of nitrogens with zero attached hydrogens (tertiary/aromatic N) is 2. The van der Waals surface area contributed by atoms with Crippen LogP contribution in [-0.4, -0.2) is 18.0 Å². The van der Waals surface area contributed by atoms with E-state index in [1.165, 1.54) is 22.9 Å². The van der Waals surface area contributed by atoms with E-state index in [1.807, 2.05) is 44.3 Å². The van der Waals surface area contributed by atoms with Gasteiger partial charge in [-0.2, -0.15) is 0 Å². The molecule has 0 aliphatic rings. The van der Waals surface area contributed by atoms with Gasteiger partial charge in [-0.3, -0.25) is 0 Å². The number of halogens is 1. The first kappa shape index (κ1) is 28.1. The van der Waals surface area contributed by atoms with Gasteiger partial charge in [0.1, 0.15) is 11.4 Å². The summed E-state index contributed by atoms with van der Waals surface area (Å²) in [6, 6.07) is 25.6. The molecule has 6 heteroatoms. The molecule has 6 aromatic rings. The van der Waals surface area contributed by atoms with E-state index in [1.54, 1.807) is 36.5 Å². The predicted octanol–water partition coefficient (Wildman–Crippen LogP) is 10.2. The van der Waals surface area contributed by atoms with E-state index in [4.69, 9.17) is 9.90 Å². The molecule has 6 rings (SSSR count). The molecule has 0 N–H and O–H groups in total. The van der Waals surface area contributed by atoms with Gasteiger partial charge < -0.3 is 14.4 Å². The Balaban J connectivity index is 0.000000212. The topological polar surface area (TPSA) is 38.9 Å². The van der Waals surface area contributed by atoms with Gasteiger partial charge in [-0.05, 0) is 46.6 Å². The van der Waals surface area contributed by atoms with Crippen LogP contribution in [0, 0.1) is 24.8 Å². The summed E-state index contributed by atoms with van der Waals surface area (Å²) in [5.41, 5.74) is 6.65. The third-order valence-corrected chi connectivity index (χ3v) is 9.47. The largest absolute Gasteiger partial charge is 0.500 e. The summed E-state index contributed by atoms with van der Waals surface area (Å²) in [6.07, 6.45) is 3.68. The van der Waals surface area contributed by atoms with Gasteiger partial charge in [0.15, 0.2) is 0 Å². The summed E-state index contributed by atoms with van der Waals surface area (Å²) >= 11 is 0. The second kappa shape index (κ2) is 13.7. The van der Waals surface area contributed by atoms with Crippen molar-refractivity contribution >= 4 is 35.2 Å². The van der Waals surface area contributed by atoms with E-state index < -0.39 is 20.8 Å². The Hall–Kier alpha value is -3.44. The third kappa shape index (κ3) is 7.09. The summed E-state index contributed by atoms with van der Waals surface area (Å²) in [6.45, 7) is 12.7. The molecule has 0 saturated heterocycles. The fraction of sp³-hybridized carbons (Fsp3) is 0.263. The number of hydrogen-bond donors (Lipinski definition) is 0. The van der Waals surface area contributed by atoms with E-state index in [-0.39, 0.29) is 31.5 Å². The average molecular weight is 783 g/mol. The molecule has 0 spiro atoms. The molecule has 0 saturated carbocycles. The van der Waals surface area contributed by atoms with Crippen molar-refractivity contribution in [2.45, 2.75) is 66.0 Å². The Morgan fingerprint density at radius 2 is 1.75 bits per heavy atom. The van der Waals surface area contributed by atoms with E-state index in [2.05, 4.69) is 55.6 Å². The van der Waals surface area contributed by atoms with Crippen molar-refractivity contribution in [3.8, 4) is 22.5 Å². The number of aryl methyl sites for hydroxylation is 1. The minimum Gasteiger partial charge on any atom is -0.500 e. The number of pyridine rings is 2. The van der Waals surface area contributed by atoms with Gasteiger partial charge in [0.2, 0.25) is 0 Å². The van der Waals surface area contributed by atoms with Crippen LogP contribution in [0.5, 0.6) is 0 Å². The molecular formula is C38H39FIrN2OSi-2. The molecule has 0 aliphatic heterocycles. The molecule has 44 heavy (non-hydrogen) atoms. The standard InChI is InChI=1S/C20H15FNO.C18H24NSi.Ir/c1-12(2)13-9-10-22-17(11-13)14-5-3-6-15-19-16(21)7-4-8-18(19)23-20(14)15;1-13(2)16-11-17(15-9-7-14(3)8-10-15)19-12-18(16)20(4,5)6;/h3-4,6-12H,1-2H3;7-9,11-13H,1-6H3;/q2*-1;/i;3D3,13D;. The molecule has 3 aromatic carbocycles. The molecule has 0 aliphatic carbocycles. The maximum Gasteiger partial charge on any atom is 0.133 e. The number of benzene rings is 3. The van der Waals surface area contributed by atoms with Crippen LogP contribution in [0.4, 0.5) is 4.39 Å². The van der Waals surface area contributed by atoms with E-state index in [0.29, 0.717) is 22.5 Å². The zero-order valence-electron chi connectivity index (χ0n) is 30.1. The van der Waals surface area contributed by atoms with Crippen LogP contribution in [0.25, 0.3) is 44.5 Å². The van der Waals surface area contributed by atoms with Crippen LogP contribution in [0.15, 0.2) is 83.5 Å². The summed E-state index contributed by atoms with van der Waals surface area (Å²) in [7, 11) is -1.61. The van der Waals surface area contributed by atoms with Crippen molar-refractivity contribution in [2.24, 2.45) is 0 Å². The smallest absolute Gasteiger partial charge is 0.133 e. The molecule has 3 aromatic heterocycles. The third-order valence-electron chi connectivity index (χ3n) is 7.45. The van der Waals surface area contributed by atoms with Crippen molar-refractivity contribution < 1.29 is 34.4 Å². The molecule has 0 fully saturated rings. The minimum atomic E-state index is -2.13. The van der Waals surface area contributed by atoms with Gasteiger partial charge in [-0.1, -0.05) is 94.5 Å². The molecule has 0 amide bonds. The second-order valence-electron chi connectivity index (χ2n) is 12.3. The molecule has 229 valence electrons. The Kier molecular flexibility index (Phi) is 8.73. The predicted molar refractivity (Wildman–Crippen MR) is 180 cm³/mol. The van der Waals surface area contributed by atoms with Gasteiger partial charge in [0.05, 0.1) is 13.7 Å². The Bertz CT molecular complexity index is 2050. The number of aromatic nitrogens is 2. The fourth-order valence-electron chi connectivity index (χ4n) is 5.08. The monoisotopic (exact) mass is 783 g/mol. The SMILES string of the molecule is CC(C)c1ccnc(-c2[c-]ccc3c2oc2cccc(F)c23)c1.[2H]C([2H])([2H])c1c[c-]c(-c2cc(C([2H])(C)C)c([Si](C)(C)C)cn2)cc1.[Ir]. The molecule has 0 bridgehead atoms. The van der Waals surface area contributed by atoms with Gasteiger partial charge in [-0.25, -0.2) is 4.39 Å². The summed E-state index contributed by atoms with van der Waals surface area (Å²) in [4.78, 5) is 9.01. The quantitative estimate of drug-likeness (QED) is 0.129. The van der Waals surface area contributed by atoms with E-state index in [9.17, 15) is 4.39 Å². The van der Waals surface area contributed by atoms with Crippen LogP contribution in [0.2, 0.25) is 19.6 Å². The minimum absolute atomic E-state index is 0. The van der Waals surface area contributed by atoms with Crippen molar-refractivity contribution in [3.63, 3.8) is 0 Å². The van der Waals surface area contributed by atoms with Crippen LogP contribution < -0.4 is 5.19 Å². The van der Waals surface area contributed by atoms with Gasteiger partial charge in [0.25, 0.3) is 0 Å². The Labute approximate surface area is 280 Å². The first-order valence-corrected chi connectivity index (χ1v) is 18.0. The molecular weight excluding hydrogens is 740 g/mol. The first-order valence-electron chi connectivity index (χ1n) is 16.5. The Morgan fingerprint density at radius 3 is 2.41 bits per heavy atom. The molecule has 0 atom stereocenters. The van der Waals surface area contributed by atoms with Gasteiger partial charge in [0, 0.05) is 43.4 Å². The van der Waals surface area contributed by atoms with Crippen LogP contribution >= 0.6 is 0 Å².